The number of pyridine rings is 1. The zero-order valence-corrected chi connectivity index (χ0v) is 20.4. The molecule has 7 nitrogen and oxygen atoms in total. The molecule has 1 aliphatic carbocycles. The number of aliphatic hydroxyl groups excluding tert-OH is 1. The van der Waals surface area contributed by atoms with Crippen molar-refractivity contribution in [1.29, 1.82) is 0 Å². The summed E-state index contributed by atoms with van der Waals surface area (Å²) in [6.07, 6.45) is 9.97. The van der Waals surface area contributed by atoms with Crippen LogP contribution in [0.2, 0.25) is 0 Å². The Bertz CT molecular complexity index is 630. The molecule has 1 aromatic rings. The Morgan fingerprint density at radius 3 is 2.77 bits per heavy atom. The van der Waals surface area contributed by atoms with Gasteiger partial charge in [0, 0.05) is 44.0 Å². The highest BCUT2D eigenvalue weighted by Gasteiger charge is 2.34. The number of halogens is 1. The van der Waals surface area contributed by atoms with Crippen LogP contribution in [0.1, 0.15) is 57.4 Å². The van der Waals surface area contributed by atoms with E-state index in [2.05, 4.69) is 22.5 Å². The molecule has 1 aromatic heterocycles. The number of nitrogens with zero attached hydrogens (tertiary/aromatic N) is 2. The topological polar surface area (TPSA) is 88.0 Å². The summed E-state index contributed by atoms with van der Waals surface area (Å²) in [7, 11) is 0. The highest BCUT2D eigenvalue weighted by Crippen LogP contribution is 2.31. The van der Waals surface area contributed by atoms with Crippen LogP contribution >= 0.6 is 24.0 Å². The van der Waals surface area contributed by atoms with Gasteiger partial charge in [0.15, 0.2) is 5.96 Å². The number of hydrogen-bond donors (Lipinski definition) is 3. The molecule has 0 spiro atoms. The van der Waals surface area contributed by atoms with Crippen molar-refractivity contribution in [1.82, 2.24) is 15.6 Å². The van der Waals surface area contributed by atoms with Crippen LogP contribution in [-0.2, 0) is 11.3 Å². The smallest absolute Gasteiger partial charge is 0.213 e. The van der Waals surface area contributed by atoms with Gasteiger partial charge in [-0.15, -0.1) is 24.0 Å². The zero-order chi connectivity index (χ0) is 20.4. The van der Waals surface area contributed by atoms with Gasteiger partial charge in [-0.1, -0.05) is 12.5 Å². The maximum Gasteiger partial charge on any atom is 0.213 e. The summed E-state index contributed by atoms with van der Waals surface area (Å²) in [6, 6.07) is 3.99. The predicted octanol–water partition coefficient (Wildman–Crippen LogP) is 3.26. The molecule has 3 rings (SSSR count). The fourth-order valence-corrected chi connectivity index (χ4v) is 4.02. The Labute approximate surface area is 197 Å². The third-order valence-electron chi connectivity index (χ3n) is 5.86. The van der Waals surface area contributed by atoms with Crippen molar-refractivity contribution < 1.29 is 14.6 Å². The second-order valence-electron chi connectivity index (χ2n) is 8.21. The lowest BCUT2D eigenvalue weighted by Gasteiger charge is -2.27. The second kappa shape index (κ2) is 13.3. The Hall–Kier alpha value is -1.13. The van der Waals surface area contributed by atoms with E-state index in [0.29, 0.717) is 25.1 Å². The molecule has 2 aliphatic rings. The molecule has 30 heavy (non-hydrogen) atoms. The molecule has 8 heteroatoms. The summed E-state index contributed by atoms with van der Waals surface area (Å²) in [6.45, 7) is 5.77. The fourth-order valence-electron chi connectivity index (χ4n) is 4.02. The van der Waals surface area contributed by atoms with Crippen molar-refractivity contribution in [2.24, 2.45) is 10.4 Å². The average molecular weight is 532 g/mol. The number of guanidine groups is 1. The van der Waals surface area contributed by atoms with E-state index in [9.17, 15) is 5.11 Å². The van der Waals surface area contributed by atoms with Gasteiger partial charge in [0.1, 0.15) is 6.10 Å². The minimum Gasteiger partial charge on any atom is -0.474 e. The SMILES string of the molecule is CCNC(=NCc1ccc(OC2CCCCC2)nc1)NCC1(CCO)CCOC1.I. The molecule has 170 valence electrons. The maximum atomic E-state index is 9.39. The molecule has 0 bridgehead atoms. The number of rotatable bonds is 9. The molecule has 2 fully saturated rings. The van der Waals surface area contributed by atoms with Crippen molar-refractivity contribution in [3.05, 3.63) is 23.9 Å². The number of ether oxygens (including phenoxy) is 2. The molecule has 0 radical (unpaired) electrons. The Morgan fingerprint density at radius 1 is 1.30 bits per heavy atom. The molecular formula is C22H37IN4O3. The van der Waals surface area contributed by atoms with Gasteiger partial charge in [-0.25, -0.2) is 9.98 Å². The van der Waals surface area contributed by atoms with Gasteiger partial charge in [0.05, 0.1) is 13.2 Å². The molecule has 0 aromatic carbocycles. The van der Waals surface area contributed by atoms with Gasteiger partial charge in [0.25, 0.3) is 0 Å². The molecule has 1 saturated carbocycles. The van der Waals surface area contributed by atoms with Crippen molar-refractivity contribution in [2.45, 2.75) is 64.5 Å². The molecule has 3 N–H and O–H groups in total. The third kappa shape index (κ3) is 7.85. The Kier molecular flexibility index (Phi) is 11.2. The molecule has 1 atom stereocenters. The standard InChI is InChI=1S/C22H36N4O3.HI/c1-2-23-21(26-16-22(10-12-27)11-13-28-17-22)25-15-18-8-9-20(24-14-18)29-19-6-4-3-5-7-19;/h8-9,14,19,27H,2-7,10-13,15-17H2,1H3,(H2,23,25,26);1H. The number of hydrogen-bond acceptors (Lipinski definition) is 5. The summed E-state index contributed by atoms with van der Waals surface area (Å²) >= 11 is 0. The van der Waals surface area contributed by atoms with E-state index < -0.39 is 0 Å². The Balaban J connectivity index is 0.00000320. The van der Waals surface area contributed by atoms with Gasteiger partial charge in [-0.3, -0.25) is 0 Å². The number of aromatic nitrogens is 1. The van der Waals surface area contributed by atoms with E-state index in [1.54, 1.807) is 0 Å². The quantitative estimate of drug-likeness (QED) is 0.257. The van der Waals surface area contributed by atoms with E-state index >= 15 is 0 Å². The highest BCUT2D eigenvalue weighted by atomic mass is 127. The van der Waals surface area contributed by atoms with Gasteiger partial charge in [-0.2, -0.15) is 0 Å². The van der Waals surface area contributed by atoms with Crippen LogP contribution in [0, 0.1) is 5.41 Å². The minimum atomic E-state index is -0.00932. The van der Waals surface area contributed by atoms with Gasteiger partial charge >= 0.3 is 0 Å². The summed E-state index contributed by atoms with van der Waals surface area (Å²) < 4.78 is 11.6. The van der Waals surface area contributed by atoms with Crippen LogP contribution in [0.3, 0.4) is 0 Å². The number of nitrogens with one attached hydrogen (secondary N) is 2. The van der Waals surface area contributed by atoms with Crippen LogP contribution in [-0.4, -0.2) is 55.1 Å². The summed E-state index contributed by atoms with van der Waals surface area (Å²) in [4.78, 5) is 9.16. The first kappa shape index (κ1) is 25.1. The average Bonchev–Trinajstić information content (AvgIpc) is 3.21. The molecule has 2 heterocycles. The van der Waals surface area contributed by atoms with Gasteiger partial charge < -0.3 is 25.2 Å². The molecule has 1 unspecified atom stereocenters. The molecule has 0 amide bonds. The second-order valence-corrected chi connectivity index (χ2v) is 8.21. The first-order chi connectivity index (χ1) is 14.2. The lowest BCUT2D eigenvalue weighted by atomic mass is 9.84. The molecule has 1 saturated heterocycles. The molecular weight excluding hydrogens is 495 g/mol. The van der Waals surface area contributed by atoms with Crippen molar-refractivity contribution in [3.63, 3.8) is 0 Å². The Morgan fingerprint density at radius 2 is 2.13 bits per heavy atom. The number of aliphatic hydroxyl groups is 1. The van der Waals surface area contributed by atoms with Crippen LogP contribution in [0.15, 0.2) is 23.3 Å². The van der Waals surface area contributed by atoms with E-state index in [0.717, 1.165) is 56.9 Å². The predicted molar refractivity (Wildman–Crippen MR) is 130 cm³/mol. The first-order valence-corrected chi connectivity index (χ1v) is 11.1. The van der Waals surface area contributed by atoms with Gasteiger partial charge in [-0.05, 0) is 51.0 Å². The maximum absolute atomic E-state index is 9.39. The lowest BCUT2D eigenvalue weighted by molar-refractivity contribution is 0.127. The summed E-state index contributed by atoms with van der Waals surface area (Å²) in [5, 5.41) is 16.1. The monoisotopic (exact) mass is 532 g/mol. The summed E-state index contributed by atoms with van der Waals surface area (Å²) in [5.41, 5.74) is 1.04. The highest BCUT2D eigenvalue weighted by molar-refractivity contribution is 14.0. The van der Waals surface area contributed by atoms with Crippen LogP contribution in [0.5, 0.6) is 5.88 Å². The van der Waals surface area contributed by atoms with Gasteiger partial charge in [0.2, 0.25) is 5.88 Å². The summed E-state index contributed by atoms with van der Waals surface area (Å²) in [5.74, 6) is 1.49. The van der Waals surface area contributed by atoms with E-state index in [1.165, 1.54) is 19.3 Å². The minimum absolute atomic E-state index is 0. The molecule has 1 aliphatic heterocycles. The van der Waals surface area contributed by atoms with E-state index in [-0.39, 0.29) is 36.0 Å². The van der Waals surface area contributed by atoms with E-state index in [1.807, 2.05) is 18.3 Å². The van der Waals surface area contributed by atoms with Crippen LogP contribution < -0.4 is 15.4 Å². The number of aliphatic imine (C=N–C) groups is 1. The third-order valence-corrected chi connectivity index (χ3v) is 5.86. The fraction of sp³-hybridized carbons (Fsp3) is 0.727. The van der Waals surface area contributed by atoms with Crippen LogP contribution in [0.25, 0.3) is 0 Å². The first-order valence-electron chi connectivity index (χ1n) is 11.1. The normalized spacial score (nSPS) is 22.4. The van der Waals surface area contributed by atoms with Crippen molar-refractivity contribution in [2.75, 3.05) is 32.9 Å². The lowest BCUT2D eigenvalue weighted by Crippen LogP contribution is -2.44. The van der Waals surface area contributed by atoms with Crippen LogP contribution in [0.4, 0.5) is 0 Å². The van der Waals surface area contributed by atoms with Crippen molar-refractivity contribution in [3.8, 4) is 5.88 Å². The zero-order valence-electron chi connectivity index (χ0n) is 18.1. The largest absolute Gasteiger partial charge is 0.474 e. The van der Waals surface area contributed by atoms with Crippen molar-refractivity contribution >= 4 is 29.9 Å². The van der Waals surface area contributed by atoms with E-state index in [4.69, 9.17) is 14.5 Å².